The third-order valence-electron chi connectivity index (χ3n) is 4.17. The zero-order valence-corrected chi connectivity index (χ0v) is 13.7. The SMILES string of the molecule is CC1CCCC(CNc2nc(Cl)nc(Cl)n2)(N(C)C)C1. The van der Waals surface area contributed by atoms with Crippen LogP contribution in [0.3, 0.4) is 0 Å². The minimum Gasteiger partial charge on any atom is -0.352 e. The highest BCUT2D eigenvalue weighted by Crippen LogP contribution is 2.35. The molecule has 0 bridgehead atoms. The lowest BCUT2D eigenvalue weighted by molar-refractivity contribution is 0.0881. The predicted molar refractivity (Wildman–Crippen MR) is 82.4 cm³/mol. The van der Waals surface area contributed by atoms with Crippen molar-refractivity contribution in [2.45, 2.75) is 38.1 Å². The molecule has 2 rings (SSSR count). The molecule has 1 aliphatic carbocycles. The molecule has 0 radical (unpaired) electrons. The summed E-state index contributed by atoms with van der Waals surface area (Å²) < 4.78 is 0. The number of hydrogen-bond acceptors (Lipinski definition) is 5. The Labute approximate surface area is 130 Å². The van der Waals surface area contributed by atoms with Crippen molar-refractivity contribution in [3.63, 3.8) is 0 Å². The van der Waals surface area contributed by atoms with Crippen LogP contribution in [0.15, 0.2) is 0 Å². The van der Waals surface area contributed by atoms with Gasteiger partial charge in [-0.05, 0) is 56.1 Å². The van der Waals surface area contributed by atoms with Crippen molar-refractivity contribution >= 4 is 29.2 Å². The maximum atomic E-state index is 5.79. The van der Waals surface area contributed by atoms with Crippen LogP contribution in [0.1, 0.15) is 32.6 Å². The maximum absolute atomic E-state index is 5.79. The summed E-state index contributed by atoms with van der Waals surface area (Å²) >= 11 is 11.6. The minimum atomic E-state index is 0.114. The Hall–Kier alpha value is -0.650. The van der Waals surface area contributed by atoms with Crippen molar-refractivity contribution in [2.24, 2.45) is 5.92 Å². The molecule has 20 heavy (non-hydrogen) atoms. The second-order valence-electron chi connectivity index (χ2n) is 5.87. The highest BCUT2D eigenvalue weighted by atomic mass is 35.5. The van der Waals surface area contributed by atoms with Crippen LogP contribution in [-0.4, -0.2) is 46.0 Å². The second kappa shape index (κ2) is 6.41. The van der Waals surface area contributed by atoms with Gasteiger partial charge in [0, 0.05) is 12.1 Å². The second-order valence-corrected chi connectivity index (χ2v) is 6.55. The minimum absolute atomic E-state index is 0.114. The topological polar surface area (TPSA) is 53.9 Å². The average molecular weight is 318 g/mol. The molecule has 2 unspecified atom stereocenters. The summed E-state index contributed by atoms with van der Waals surface area (Å²) in [6.07, 6.45) is 4.89. The van der Waals surface area contributed by atoms with Crippen LogP contribution in [0, 0.1) is 5.92 Å². The Morgan fingerprint density at radius 1 is 1.25 bits per heavy atom. The van der Waals surface area contributed by atoms with Gasteiger partial charge in [0.05, 0.1) is 0 Å². The first-order chi connectivity index (χ1) is 9.41. The number of anilines is 1. The van der Waals surface area contributed by atoms with Crippen molar-refractivity contribution in [2.75, 3.05) is 26.0 Å². The summed E-state index contributed by atoms with van der Waals surface area (Å²) in [5.41, 5.74) is 0.128. The first kappa shape index (κ1) is 15.7. The van der Waals surface area contributed by atoms with Crippen molar-refractivity contribution in [3.8, 4) is 0 Å². The normalized spacial score (nSPS) is 26.8. The van der Waals surface area contributed by atoms with E-state index in [4.69, 9.17) is 23.2 Å². The molecule has 1 fully saturated rings. The number of halogens is 2. The highest BCUT2D eigenvalue weighted by Gasteiger charge is 2.36. The number of aromatic nitrogens is 3. The smallest absolute Gasteiger partial charge is 0.228 e. The molecule has 0 saturated heterocycles. The monoisotopic (exact) mass is 317 g/mol. The largest absolute Gasteiger partial charge is 0.352 e. The van der Waals surface area contributed by atoms with Crippen LogP contribution in [-0.2, 0) is 0 Å². The third kappa shape index (κ3) is 3.71. The molecule has 1 aromatic rings. The molecule has 1 heterocycles. The molecular formula is C13H21Cl2N5. The van der Waals surface area contributed by atoms with E-state index in [0.29, 0.717) is 5.95 Å². The van der Waals surface area contributed by atoms with Crippen LogP contribution in [0.5, 0.6) is 0 Å². The molecular weight excluding hydrogens is 297 g/mol. The van der Waals surface area contributed by atoms with Crippen molar-refractivity contribution in [1.29, 1.82) is 0 Å². The van der Waals surface area contributed by atoms with E-state index in [0.717, 1.165) is 12.5 Å². The van der Waals surface area contributed by atoms with Gasteiger partial charge in [-0.3, -0.25) is 0 Å². The first-order valence-corrected chi connectivity index (χ1v) is 7.65. The van der Waals surface area contributed by atoms with E-state index in [9.17, 15) is 0 Å². The molecule has 0 aliphatic heterocycles. The lowest BCUT2D eigenvalue weighted by Gasteiger charge is -2.45. The van der Waals surface area contributed by atoms with E-state index < -0.39 is 0 Å². The zero-order chi connectivity index (χ0) is 14.8. The van der Waals surface area contributed by atoms with Gasteiger partial charge in [0.15, 0.2) is 0 Å². The Kier molecular flexibility index (Phi) is 5.04. The molecule has 0 spiro atoms. The fourth-order valence-electron chi connectivity index (χ4n) is 3.01. The molecule has 7 heteroatoms. The van der Waals surface area contributed by atoms with E-state index in [1.165, 1.54) is 25.7 Å². The van der Waals surface area contributed by atoms with Gasteiger partial charge >= 0.3 is 0 Å². The van der Waals surface area contributed by atoms with Gasteiger partial charge < -0.3 is 10.2 Å². The van der Waals surface area contributed by atoms with Crippen LogP contribution < -0.4 is 5.32 Å². The van der Waals surface area contributed by atoms with E-state index >= 15 is 0 Å². The van der Waals surface area contributed by atoms with Gasteiger partial charge in [-0.1, -0.05) is 19.8 Å². The summed E-state index contributed by atoms with van der Waals surface area (Å²) in [7, 11) is 4.26. The average Bonchev–Trinajstić information content (AvgIpc) is 2.35. The van der Waals surface area contributed by atoms with Gasteiger partial charge in [0.2, 0.25) is 16.5 Å². The van der Waals surface area contributed by atoms with Crippen LogP contribution in [0.4, 0.5) is 5.95 Å². The van der Waals surface area contributed by atoms with Crippen molar-refractivity contribution in [3.05, 3.63) is 10.6 Å². The molecule has 5 nitrogen and oxygen atoms in total. The van der Waals surface area contributed by atoms with E-state index in [-0.39, 0.29) is 16.1 Å². The summed E-state index contributed by atoms with van der Waals surface area (Å²) in [5, 5.41) is 3.49. The Morgan fingerprint density at radius 3 is 2.45 bits per heavy atom. The van der Waals surface area contributed by atoms with Crippen molar-refractivity contribution in [1.82, 2.24) is 19.9 Å². The summed E-state index contributed by atoms with van der Waals surface area (Å²) in [5.74, 6) is 1.17. The van der Waals surface area contributed by atoms with E-state index in [1.807, 2.05) is 0 Å². The Morgan fingerprint density at radius 2 is 1.90 bits per heavy atom. The maximum Gasteiger partial charge on any atom is 0.228 e. The van der Waals surface area contributed by atoms with E-state index in [1.54, 1.807) is 0 Å². The molecule has 112 valence electrons. The molecule has 1 aliphatic rings. The van der Waals surface area contributed by atoms with Crippen molar-refractivity contribution < 1.29 is 0 Å². The van der Waals surface area contributed by atoms with Gasteiger partial charge in [-0.2, -0.15) is 15.0 Å². The molecule has 0 aromatic carbocycles. The highest BCUT2D eigenvalue weighted by molar-refractivity contribution is 6.31. The number of nitrogens with one attached hydrogen (secondary N) is 1. The molecule has 1 saturated carbocycles. The zero-order valence-electron chi connectivity index (χ0n) is 12.2. The first-order valence-electron chi connectivity index (χ1n) is 6.90. The lowest BCUT2D eigenvalue weighted by Crippen LogP contribution is -2.52. The third-order valence-corrected chi connectivity index (χ3v) is 4.51. The van der Waals surface area contributed by atoms with Crippen LogP contribution >= 0.6 is 23.2 Å². The number of hydrogen-bond donors (Lipinski definition) is 1. The lowest BCUT2D eigenvalue weighted by atomic mass is 9.75. The summed E-state index contributed by atoms with van der Waals surface area (Å²) in [4.78, 5) is 14.2. The van der Waals surface area contributed by atoms with Gasteiger partial charge in [0.25, 0.3) is 0 Å². The van der Waals surface area contributed by atoms with Gasteiger partial charge in [-0.25, -0.2) is 0 Å². The fraction of sp³-hybridized carbons (Fsp3) is 0.769. The predicted octanol–water partition coefficient (Wildman–Crippen LogP) is 3.10. The number of rotatable bonds is 4. The quantitative estimate of drug-likeness (QED) is 0.924. The molecule has 1 aromatic heterocycles. The fourth-order valence-corrected chi connectivity index (χ4v) is 3.37. The Balaban J connectivity index is 2.09. The van der Waals surface area contributed by atoms with Crippen LogP contribution in [0.2, 0.25) is 10.6 Å². The Bertz CT molecular complexity index is 448. The number of nitrogens with zero attached hydrogens (tertiary/aromatic N) is 4. The number of likely N-dealkylation sites (N-methyl/N-ethyl adjacent to an activating group) is 1. The van der Waals surface area contributed by atoms with Crippen LogP contribution in [0.25, 0.3) is 0 Å². The van der Waals surface area contributed by atoms with E-state index in [2.05, 4.69) is 46.2 Å². The molecule has 0 amide bonds. The summed E-state index contributed by atoms with van der Waals surface area (Å²) in [6, 6.07) is 0. The molecule has 2 atom stereocenters. The van der Waals surface area contributed by atoms with Gasteiger partial charge in [0.1, 0.15) is 0 Å². The summed E-state index contributed by atoms with van der Waals surface area (Å²) in [6.45, 7) is 3.09. The standard InChI is InChI=1S/C13H21Cl2N5/c1-9-5-4-6-13(7-9,20(2)3)8-16-12-18-10(14)17-11(15)19-12/h9H,4-8H2,1-3H3,(H,16,17,18,19). The molecule has 1 N–H and O–H groups in total. The van der Waals surface area contributed by atoms with Gasteiger partial charge in [-0.15, -0.1) is 0 Å².